The molecule has 0 atom stereocenters. The normalized spacial score (nSPS) is 14.4. The van der Waals surface area contributed by atoms with Gasteiger partial charge in [-0.15, -0.1) is 0 Å². The van der Waals surface area contributed by atoms with Crippen molar-refractivity contribution in [3.8, 4) is 33.4 Å². The van der Waals surface area contributed by atoms with E-state index in [-0.39, 0.29) is 0 Å². The molecule has 0 bridgehead atoms. The fraction of sp³-hybridized carbons (Fsp3) is 0.0476. The lowest BCUT2D eigenvalue weighted by molar-refractivity contribution is 0.637. The van der Waals surface area contributed by atoms with Crippen LogP contribution in [0.2, 0.25) is 0 Å². The molecular weight excluding hydrogens is 803 g/mol. The molecular formula is C63H39NO2. The quantitative estimate of drug-likeness (QED) is 0.177. The van der Waals surface area contributed by atoms with Crippen LogP contribution in [0.5, 0.6) is 0 Å². The maximum atomic E-state index is 7.21. The van der Waals surface area contributed by atoms with Crippen molar-refractivity contribution in [2.24, 2.45) is 0 Å². The second-order valence-electron chi connectivity index (χ2n) is 18.4. The minimum atomic E-state index is -0.508. The third-order valence-corrected chi connectivity index (χ3v) is 15.4. The van der Waals surface area contributed by atoms with Crippen LogP contribution < -0.4 is 4.90 Å². The van der Waals surface area contributed by atoms with E-state index in [2.05, 4.69) is 230 Å². The summed E-state index contributed by atoms with van der Waals surface area (Å²) in [7, 11) is 0. The van der Waals surface area contributed by atoms with Crippen LogP contribution in [0.3, 0.4) is 0 Å². The molecule has 12 aromatic rings. The maximum Gasteiger partial charge on any atom is 0.159 e. The van der Waals surface area contributed by atoms with Crippen molar-refractivity contribution in [1.29, 1.82) is 0 Å². The van der Waals surface area contributed by atoms with Crippen LogP contribution in [0, 0.1) is 0 Å². The number of nitrogens with zero attached hydrogens (tertiary/aromatic N) is 1. The molecule has 0 saturated carbocycles. The monoisotopic (exact) mass is 841 g/mol. The second kappa shape index (κ2) is 12.9. The van der Waals surface area contributed by atoms with E-state index in [1.165, 1.54) is 66.8 Å². The van der Waals surface area contributed by atoms with Crippen molar-refractivity contribution in [2.45, 2.75) is 17.8 Å². The van der Waals surface area contributed by atoms with Crippen LogP contribution in [-0.2, 0) is 10.8 Å². The van der Waals surface area contributed by atoms with Gasteiger partial charge < -0.3 is 13.7 Å². The first-order chi connectivity index (χ1) is 32.6. The van der Waals surface area contributed by atoms with E-state index in [0.717, 1.165) is 66.5 Å². The Morgan fingerprint density at radius 1 is 0.333 bits per heavy atom. The molecule has 2 aromatic heterocycles. The molecule has 0 amide bonds. The van der Waals surface area contributed by atoms with Gasteiger partial charge in [-0.05, 0) is 110 Å². The highest BCUT2D eigenvalue weighted by molar-refractivity contribution is 6.17. The molecule has 10 aromatic carbocycles. The molecule has 0 unspecified atom stereocenters. The first-order valence-corrected chi connectivity index (χ1v) is 22.9. The van der Waals surface area contributed by atoms with E-state index >= 15 is 0 Å². The van der Waals surface area contributed by atoms with Gasteiger partial charge in [0.25, 0.3) is 0 Å². The number of benzene rings is 10. The second-order valence-corrected chi connectivity index (χ2v) is 18.4. The van der Waals surface area contributed by atoms with Crippen LogP contribution in [0.4, 0.5) is 17.1 Å². The third-order valence-electron chi connectivity index (χ3n) is 15.4. The predicted molar refractivity (Wildman–Crippen MR) is 269 cm³/mol. The van der Waals surface area contributed by atoms with Crippen molar-refractivity contribution >= 4 is 60.9 Å². The molecule has 3 aliphatic rings. The Morgan fingerprint density at radius 2 is 0.803 bits per heavy atom. The SMILES string of the molecule is CC1(c2ccc(N(c3ccc4c(c3)C3(c5ccccc5-c5ccccc53)c3ccccc3-4)c3cccc4c3oc3ccccc34)c3c2oc2ccccc23)c2ccccc2-c2ccccc21. The van der Waals surface area contributed by atoms with E-state index in [1.54, 1.807) is 0 Å². The molecule has 1 spiro atoms. The molecule has 3 nitrogen and oxygen atoms in total. The summed E-state index contributed by atoms with van der Waals surface area (Å²) >= 11 is 0. The Morgan fingerprint density at radius 3 is 1.42 bits per heavy atom. The minimum absolute atomic E-state index is 0.476. The topological polar surface area (TPSA) is 29.5 Å². The summed E-state index contributed by atoms with van der Waals surface area (Å²) in [5, 5.41) is 4.30. The number of anilines is 3. The number of furan rings is 2. The summed E-state index contributed by atoms with van der Waals surface area (Å²) in [6.45, 7) is 2.38. The Labute approximate surface area is 381 Å². The molecule has 66 heavy (non-hydrogen) atoms. The number of rotatable bonds is 4. The van der Waals surface area contributed by atoms with Gasteiger partial charge in [0.05, 0.1) is 22.2 Å². The number of fused-ring (bicyclic) bond motifs is 19. The number of hydrogen-bond donors (Lipinski definition) is 0. The molecule has 15 rings (SSSR count). The Bertz CT molecular complexity index is 3940. The summed E-state index contributed by atoms with van der Waals surface area (Å²) in [5.41, 5.74) is 22.0. The average molecular weight is 842 g/mol. The summed E-state index contributed by atoms with van der Waals surface area (Å²) in [4.78, 5) is 2.45. The van der Waals surface area contributed by atoms with E-state index in [0.29, 0.717) is 0 Å². The van der Waals surface area contributed by atoms with Gasteiger partial charge in [-0.3, -0.25) is 0 Å². The van der Waals surface area contributed by atoms with Gasteiger partial charge >= 0.3 is 0 Å². The van der Waals surface area contributed by atoms with Crippen LogP contribution in [0.1, 0.15) is 45.9 Å². The zero-order chi connectivity index (χ0) is 43.3. The summed E-state index contributed by atoms with van der Waals surface area (Å²) in [6, 6.07) is 80.2. The van der Waals surface area contributed by atoms with Gasteiger partial charge in [0.1, 0.15) is 16.7 Å². The standard InChI is InChI=1S/C63H39NO2/c1-62(48-25-9-2-17-39(48)40-18-3-10-26-49(40)62)53-35-36-55(59-47-23-8-15-32-58(47)66-61(53)59)64(56-30-16-24-46-45-22-7-14-31-57(45)65-60(46)56)38-33-34-44-43-21-6-13-29-52(43)63(54(44)37-38)50-27-11-4-19-41(50)42-20-5-12-28-51(42)63/h2-37H,1H3. The number of para-hydroxylation sites is 3. The van der Waals surface area contributed by atoms with Crippen molar-refractivity contribution in [1.82, 2.24) is 0 Å². The van der Waals surface area contributed by atoms with Gasteiger partial charge in [-0.25, -0.2) is 0 Å². The zero-order valence-corrected chi connectivity index (χ0v) is 36.0. The van der Waals surface area contributed by atoms with Crippen LogP contribution in [0.15, 0.2) is 227 Å². The van der Waals surface area contributed by atoms with Crippen molar-refractivity contribution < 1.29 is 8.83 Å². The van der Waals surface area contributed by atoms with Crippen molar-refractivity contribution in [3.05, 3.63) is 257 Å². The smallest absolute Gasteiger partial charge is 0.159 e. The van der Waals surface area contributed by atoms with Gasteiger partial charge in [0.15, 0.2) is 5.58 Å². The first kappa shape index (κ1) is 36.0. The fourth-order valence-electron chi connectivity index (χ4n) is 12.7. The van der Waals surface area contributed by atoms with E-state index < -0.39 is 10.8 Å². The highest BCUT2D eigenvalue weighted by atomic mass is 16.3. The summed E-state index contributed by atoms with van der Waals surface area (Å²) in [5.74, 6) is 0. The molecule has 0 aliphatic heterocycles. The Kier molecular flexibility index (Phi) is 7.02. The molecule has 0 saturated heterocycles. The molecule has 3 aliphatic carbocycles. The summed E-state index contributed by atoms with van der Waals surface area (Å²) < 4.78 is 14.2. The predicted octanol–water partition coefficient (Wildman–Crippen LogP) is 16.6. The first-order valence-electron chi connectivity index (χ1n) is 22.9. The van der Waals surface area contributed by atoms with Crippen LogP contribution in [0.25, 0.3) is 77.3 Å². The lowest BCUT2D eigenvalue weighted by atomic mass is 9.70. The molecule has 0 radical (unpaired) electrons. The lowest BCUT2D eigenvalue weighted by Crippen LogP contribution is -2.26. The fourth-order valence-corrected chi connectivity index (χ4v) is 12.7. The number of hydrogen-bond acceptors (Lipinski definition) is 3. The van der Waals surface area contributed by atoms with Crippen molar-refractivity contribution in [3.63, 3.8) is 0 Å². The maximum absolute atomic E-state index is 7.21. The Hall–Kier alpha value is -8.40. The highest BCUT2D eigenvalue weighted by Crippen LogP contribution is 2.64. The van der Waals surface area contributed by atoms with Crippen molar-refractivity contribution in [2.75, 3.05) is 4.90 Å². The van der Waals surface area contributed by atoms with Gasteiger partial charge in [0.2, 0.25) is 0 Å². The lowest BCUT2D eigenvalue weighted by Gasteiger charge is -2.33. The zero-order valence-electron chi connectivity index (χ0n) is 36.0. The van der Waals surface area contributed by atoms with Crippen LogP contribution >= 0.6 is 0 Å². The molecule has 2 heterocycles. The van der Waals surface area contributed by atoms with E-state index in [9.17, 15) is 0 Å². The molecule has 0 N–H and O–H groups in total. The largest absolute Gasteiger partial charge is 0.456 e. The highest BCUT2D eigenvalue weighted by Gasteiger charge is 2.52. The van der Waals surface area contributed by atoms with E-state index in [1.807, 2.05) is 0 Å². The van der Waals surface area contributed by atoms with Gasteiger partial charge in [-0.2, -0.15) is 0 Å². The molecule has 0 fully saturated rings. The minimum Gasteiger partial charge on any atom is -0.456 e. The molecule has 3 heteroatoms. The van der Waals surface area contributed by atoms with Gasteiger partial charge in [0, 0.05) is 32.8 Å². The van der Waals surface area contributed by atoms with Gasteiger partial charge in [-0.1, -0.05) is 182 Å². The Balaban J connectivity index is 1.06. The average Bonchev–Trinajstić information content (AvgIpc) is 4.16. The molecule has 308 valence electrons. The van der Waals surface area contributed by atoms with E-state index in [4.69, 9.17) is 8.83 Å². The summed E-state index contributed by atoms with van der Waals surface area (Å²) in [6.07, 6.45) is 0. The van der Waals surface area contributed by atoms with Crippen LogP contribution in [-0.4, -0.2) is 0 Å². The third kappa shape index (κ3) is 4.38.